The Labute approximate surface area is 113 Å². The molecule has 9 heteroatoms. The molecule has 9 nitrogen and oxygen atoms in total. The molecular formula is C11H12N6O3. The van der Waals surface area contributed by atoms with E-state index < -0.39 is 11.0 Å². The van der Waals surface area contributed by atoms with Crippen molar-refractivity contribution in [1.29, 1.82) is 0 Å². The van der Waals surface area contributed by atoms with Gasteiger partial charge >= 0.3 is 0 Å². The molecule has 1 atom stereocenters. The van der Waals surface area contributed by atoms with Gasteiger partial charge in [-0.15, -0.1) is 10.2 Å². The number of nitro benzene ring substituents is 1. The molecule has 0 bridgehead atoms. The van der Waals surface area contributed by atoms with Crippen LogP contribution in [0, 0.1) is 10.1 Å². The zero-order valence-electron chi connectivity index (χ0n) is 10.6. The predicted molar refractivity (Wildman–Crippen MR) is 69.3 cm³/mol. The second-order valence-corrected chi connectivity index (χ2v) is 4.00. The molecule has 0 spiro atoms. The number of benzene rings is 1. The van der Waals surface area contributed by atoms with E-state index in [0.717, 1.165) is 0 Å². The minimum Gasteiger partial charge on any atom is -0.383 e. The Morgan fingerprint density at radius 2 is 2.40 bits per heavy atom. The minimum absolute atomic E-state index is 0.00917. The Hall–Kier alpha value is -2.68. The molecule has 1 aromatic heterocycles. The van der Waals surface area contributed by atoms with Crippen molar-refractivity contribution >= 4 is 11.9 Å². The summed E-state index contributed by atoms with van der Waals surface area (Å²) in [6.45, 7) is 0.0500. The fourth-order valence-corrected chi connectivity index (χ4v) is 1.49. The summed E-state index contributed by atoms with van der Waals surface area (Å²) in [6, 6.07) is 6.05. The summed E-state index contributed by atoms with van der Waals surface area (Å²) in [5.74, 6) is 0.184. The Kier molecular flexibility index (Phi) is 4.11. The average Bonchev–Trinajstić information content (AvgIpc) is 2.86. The van der Waals surface area contributed by atoms with Crippen molar-refractivity contribution in [2.24, 2.45) is 12.0 Å². The number of aliphatic imine (C=N–C) groups is 1. The Balaban J connectivity index is 1.99. The standard InChI is InChI=1S/C11H12N6O3/c1-16-14-11(13-15-16)10(18)7-12-6-8-3-2-4-9(5-8)17(19)20/h2-6,10,18H,7H2,1H3. The van der Waals surface area contributed by atoms with Crippen LogP contribution in [-0.2, 0) is 7.05 Å². The minimum atomic E-state index is -0.960. The first-order chi connectivity index (χ1) is 9.56. The second kappa shape index (κ2) is 5.97. The van der Waals surface area contributed by atoms with Crippen LogP contribution in [0.15, 0.2) is 29.3 Å². The summed E-state index contributed by atoms with van der Waals surface area (Å²) in [5.41, 5.74) is 0.573. The maximum atomic E-state index is 10.6. The molecule has 2 rings (SSSR count). The molecule has 1 N–H and O–H groups in total. The molecule has 0 aliphatic rings. The maximum absolute atomic E-state index is 10.6. The first-order valence-corrected chi connectivity index (χ1v) is 5.72. The predicted octanol–water partition coefficient (Wildman–Crippen LogP) is 0.271. The monoisotopic (exact) mass is 276 g/mol. The van der Waals surface area contributed by atoms with E-state index in [1.54, 1.807) is 19.2 Å². The van der Waals surface area contributed by atoms with Crippen LogP contribution in [0.3, 0.4) is 0 Å². The molecule has 0 amide bonds. The van der Waals surface area contributed by atoms with Gasteiger partial charge in [0.15, 0.2) is 0 Å². The number of aromatic nitrogens is 4. The molecule has 1 aromatic carbocycles. The van der Waals surface area contributed by atoms with E-state index in [0.29, 0.717) is 5.56 Å². The number of tetrazole rings is 1. The van der Waals surface area contributed by atoms with Gasteiger partial charge in [0.2, 0.25) is 5.82 Å². The van der Waals surface area contributed by atoms with E-state index in [1.807, 2.05) is 0 Å². The van der Waals surface area contributed by atoms with Gasteiger partial charge in [-0.3, -0.25) is 15.1 Å². The molecule has 2 aromatic rings. The third-order valence-electron chi connectivity index (χ3n) is 2.42. The third-order valence-corrected chi connectivity index (χ3v) is 2.42. The lowest BCUT2D eigenvalue weighted by atomic mass is 10.2. The number of nitro groups is 1. The van der Waals surface area contributed by atoms with Crippen molar-refractivity contribution in [3.63, 3.8) is 0 Å². The number of aliphatic hydroxyl groups excluding tert-OH is 1. The van der Waals surface area contributed by atoms with Crippen LogP contribution in [-0.4, -0.2) is 43.0 Å². The average molecular weight is 276 g/mol. The van der Waals surface area contributed by atoms with Crippen molar-refractivity contribution < 1.29 is 10.0 Å². The van der Waals surface area contributed by atoms with E-state index >= 15 is 0 Å². The van der Waals surface area contributed by atoms with Crippen molar-refractivity contribution in [1.82, 2.24) is 20.2 Å². The van der Waals surface area contributed by atoms with Crippen molar-refractivity contribution in [3.05, 3.63) is 45.8 Å². The number of aliphatic hydroxyl groups is 1. The van der Waals surface area contributed by atoms with Gasteiger partial charge in [-0.2, -0.15) is 4.80 Å². The van der Waals surface area contributed by atoms with Crippen LogP contribution in [0.5, 0.6) is 0 Å². The summed E-state index contributed by atoms with van der Waals surface area (Å²) in [6.07, 6.45) is 0.491. The van der Waals surface area contributed by atoms with Crippen LogP contribution in [0.4, 0.5) is 5.69 Å². The van der Waals surface area contributed by atoms with Crippen LogP contribution in [0.1, 0.15) is 17.5 Å². The van der Waals surface area contributed by atoms with Crippen molar-refractivity contribution in [2.45, 2.75) is 6.10 Å². The van der Waals surface area contributed by atoms with Crippen LogP contribution < -0.4 is 0 Å². The highest BCUT2D eigenvalue weighted by Crippen LogP contribution is 2.12. The van der Waals surface area contributed by atoms with Gasteiger partial charge in [0.05, 0.1) is 18.5 Å². The quantitative estimate of drug-likeness (QED) is 0.475. The lowest BCUT2D eigenvalue weighted by molar-refractivity contribution is -0.384. The molecule has 104 valence electrons. The third kappa shape index (κ3) is 3.42. The summed E-state index contributed by atoms with van der Waals surface area (Å²) < 4.78 is 0. The van der Waals surface area contributed by atoms with Gasteiger partial charge in [-0.1, -0.05) is 12.1 Å². The first-order valence-electron chi connectivity index (χ1n) is 5.72. The molecule has 0 radical (unpaired) electrons. The number of non-ortho nitro benzene ring substituents is 1. The van der Waals surface area contributed by atoms with Gasteiger partial charge in [0.1, 0.15) is 6.10 Å². The number of rotatable bonds is 5. The van der Waals surface area contributed by atoms with Crippen LogP contribution in [0.2, 0.25) is 0 Å². The van der Waals surface area contributed by atoms with E-state index in [4.69, 9.17) is 0 Å². The van der Waals surface area contributed by atoms with Crippen molar-refractivity contribution in [2.75, 3.05) is 6.54 Å². The van der Waals surface area contributed by atoms with Crippen LogP contribution in [0.25, 0.3) is 0 Å². The lowest BCUT2D eigenvalue weighted by Crippen LogP contribution is -2.05. The van der Waals surface area contributed by atoms with Gasteiger partial charge in [0.25, 0.3) is 5.69 Å². The molecule has 1 heterocycles. The fourth-order valence-electron chi connectivity index (χ4n) is 1.49. The molecule has 20 heavy (non-hydrogen) atoms. The number of hydrogen-bond acceptors (Lipinski definition) is 7. The normalized spacial score (nSPS) is 12.7. The molecule has 0 saturated heterocycles. The number of aryl methyl sites for hydroxylation is 1. The zero-order chi connectivity index (χ0) is 14.5. The Morgan fingerprint density at radius 1 is 1.60 bits per heavy atom. The van der Waals surface area contributed by atoms with Crippen molar-refractivity contribution in [3.8, 4) is 0 Å². The summed E-state index contributed by atoms with van der Waals surface area (Å²) in [4.78, 5) is 15.4. The van der Waals surface area contributed by atoms with E-state index in [9.17, 15) is 15.2 Å². The summed E-state index contributed by atoms with van der Waals surface area (Å²) >= 11 is 0. The maximum Gasteiger partial charge on any atom is 0.270 e. The van der Waals surface area contributed by atoms with Gasteiger partial charge in [0, 0.05) is 18.3 Å². The highest BCUT2D eigenvalue weighted by atomic mass is 16.6. The van der Waals surface area contributed by atoms with E-state index in [-0.39, 0.29) is 18.1 Å². The zero-order valence-corrected chi connectivity index (χ0v) is 10.6. The fraction of sp³-hybridized carbons (Fsp3) is 0.273. The topological polar surface area (TPSA) is 119 Å². The molecule has 1 unspecified atom stereocenters. The second-order valence-electron chi connectivity index (χ2n) is 4.00. The van der Waals surface area contributed by atoms with Crippen LogP contribution >= 0.6 is 0 Å². The highest BCUT2D eigenvalue weighted by molar-refractivity contribution is 5.80. The van der Waals surface area contributed by atoms with E-state index in [1.165, 1.54) is 23.1 Å². The van der Waals surface area contributed by atoms with Gasteiger partial charge in [-0.25, -0.2) is 0 Å². The summed E-state index contributed by atoms with van der Waals surface area (Å²) in [5, 5.41) is 31.5. The molecular weight excluding hydrogens is 264 g/mol. The SMILES string of the molecule is Cn1nnc(C(O)CN=Cc2cccc([N+](=O)[O-])c2)n1. The molecule has 0 fully saturated rings. The number of hydrogen-bond donors (Lipinski definition) is 1. The summed E-state index contributed by atoms with van der Waals surface area (Å²) in [7, 11) is 1.59. The Morgan fingerprint density at radius 3 is 3.05 bits per heavy atom. The number of nitrogens with zero attached hydrogens (tertiary/aromatic N) is 6. The smallest absolute Gasteiger partial charge is 0.270 e. The lowest BCUT2D eigenvalue weighted by Gasteiger charge is -2.00. The largest absolute Gasteiger partial charge is 0.383 e. The molecule has 0 saturated carbocycles. The molecule has 0 aliphatic heterocycles. The molecule has 0 aliphatic carbocycles. The van der Waals surface area contributed by atoms with Gasteiger partial charge in [-0.05, 0) is 10.8 Å². The van der Waals surface area contributed by atoms with Gasteiger partial charge < -0.3 is 5.11 Å². The Bertz CT molecular complexity index is 639. The first kappa shape index (κ1) is 13.7. The van der Waals surface area contributed by atoms with E-state index in [2.05, 4.69) is 20.4 Å². The highest BCUT2D eigenvalue weighted by Gasteiger charge is 2.12.